The van der Waals surface area contributed by atoms with E-state index in [0.29, 0.717) is 12.6 Å². The lowest BCUT2D eigenvalue weighted by Gasteiger charge is -2.17. The number of hydrogen-bond acceptors (Lipinski definition) is 3. The van der Waals surface area contributed by atoms with Crippen LogP contribution in [0.5, 0.6) is 0 Å². The zero-order valence-electron chi connectivity index (χ0n) is 16.6. The Kier molecular flexibility index (Phi) is 7.29. The van der Waals surface area contributed by atoms with E-state index in [1.165, 1.54) is 11.1 Å². The lowest BCUT2D eigenvalue weighted by Crippen LogP contribution is -2.42. The van der Waals surface area contributed by atoms with Crippen molar-refractivity contribution in [3.63, 3.8) is 0 Å². The Morgan fingerprint density at radius 1 is 1.18 bits per heavy atom. The summed E-state index contributed by atoms with van der Waals surface area (Å²) in [6, 6.07) is 14.6. The molecular weight excluding hydrogens is 350 g/mol. The van der Waals surface area contributed by atoms with Crippen molar-refractivity contribution in [1.29, 1.82) is 0 Å². The van der Waals surface area contributed by atoms with Crippen LogP contribution in [0.3, 0.4) is 0 Å². The molecule has 28 heavy (non-hydrogen) atoms. The average Bonchev–Trinajstić information content (AvgIpc) is 3.41. The minimum Gasteiger partial charge on any atom is -0.469 e. The van der Waals surface area contributed by atoms with Gasteiger partial charge in [0, 0.05) is 31.4 Å². The predicted octanol–water partition coefficient (Wildman–Crippen LogP) is 3.60. The smallest absolute Gasteiger partial charge is 0.191 e. The fourth-order valence-corrected chi connectivity index (χ4v) is 2.85. The summed E-state index contributed by atoms with van der Waals surface area (Å²) < 4.78 is 7.34. The SMILES string of the molecule is CCC(C)NC(=NCc1ccccc1Cn1cccn1)NCCc1ccco1. The number of rotatable bonds is 9. The van der Waals surface area contributed by atoms with Gasteiger partial charge in [-0.1, -0.05) is 31.2 Å². The van der Waals surface area contributed by atoms with Crippen LogP contribution in [0.1, 0.15) is 37.2 Å². The lowest BCUT2D eigenvalue weighted by molar-refractivity contribution is 0.506. The van der Waals surface area contributed by atoms with Crippen molar-refractivity contribution in [2.24, 2.45) is 4.99 Å². The van der Waals surface area contributed by atoms with Gasteiger partial charge in [-0.25, -0.2) is 4.99 Å². The Morgan fingerprint density at radius 3 is 2.75 bits per heavy atom. The molecule has 0 saturated heterocycles. The predicted molar refractivity (Wildman–Crippen MR) is 112 cm³/mol. The third kappa shape index (κ3) is 6.01. The molecule has 6 nitrogen and oxygen atoms in total. The van der Waals surface area contributed by atoms with Crippen molar-refractivity contribution in [2.75, 3.05) is 6.54 Å². The van der Waals surface area contributed by atoms with Gasteiger partial charge in [-0.15, -0.1) is 0 Å². The van der Waals surface area contributed by atoms with Crippen molar-refractivity contribution < 1.29 is 4.42 Å². The summed E-state index contributed by atoms with van der Waals surface area (Å²) in [5.41, 5.74) is 2.43. The first-order valence-corrected chi connectivity index (χ1v) is 9.86. The average molecular weight is 380 g/mol. The minimum atomic E-state index is 0.356. The first-order valence-electron chi connectivity index (χ1n) is 9.86. The molecule has 0 radical (unpaired) electrons. The van der Waals surface area contributed by atoms with Crippen LogP contribution in [0.15, 0.2) is 70.5 Å². The van der Waals surface area contributed by atoms with Crippen LogP contribution in [-0.4, -0.2) is 28.3 Å². The molecule has 0 saturated carbocycles. The molecule has 1 atom stereocenters. The minimum absolute atomic E-state index is 0.356. The molecular formula is C22H29N5O. The van der Waals surface area contributed by atoms with Gasteiger partial charge in [0.25, 0.3) is 0 Å². The Balaban J connectivity index is 1.65. The van der Waals surface area contributed by atoms with E-state index in [2.05, 4.69) is 53.8 Å². The second-order valence-electron chi connectivity index (χ2n) is 6.85. The van der Waals surface area contributed by atoms with Crippen LogP contribution in [0.2, 0.25) is 0 Å². The van der Waals surface area contributed by atoms with Gasteiger partial charge in [-0.2, -0.15) is 5.10 Å². The van der Waals surface area contributed by atoms with E-state index in [9.17, 15) is 0 Å². The van der Waals surface area contributed by atoms with Gasteiger partial charge in [0.05, 0.1) is 19.4 Å². The molecule has 0 bridgehead atoms. The highest BCUT2D eigenvalue weighted by molar-refractivity contribution is 5.80. The van der Waals surface area contributed by atoms with E-state index in [0.717, 1.165) is 37.7 Å². The number of benzene rings is 1. The normalized spacial score (nSPS) is 12.7. The van der Waals surface area contributed by atoms with Crippen molar-refractivity contribution >= 4 is 5.96 Å². The number of nitrogens with one attached hydrogen (secondary N) is 2. The van der Waals surface area contributed by atoms with Crippen molar-refractivity contribution in [3.8, 4) is 0 Å². The van der Waals surface area contributed by atoms with Gasteiger partial charge in [0.15, 0.2) is 5.96 Å². The molecule has 2 aromatic heterocycles. The second kappa shape index (κ2) is 10.3. The molecule has 3 aromatic rings. The Bertz CT molecular complexity index is 840. The van der Waals surface area contributed by atoms with E-state index in [1.807, 2.05) is 29.1 Å². The lowest BCUT2D eigenvalue weighted by atomic mass is 10.1. The quantitative estimate of drug-likeness (QED) is 0.440. The van der Waals surface area contributed by atoms with Crippen LogP contribution in [0.25, 0.3) is 0 Å². The highest BCUT2D eigenvalue weighted by Crippen LogP contribution is 2.12. The first-order chi connectivity index (χ1) is 13.7. The summed E-state index contributed by atoms with van der Waals surface area (Å²) in [6.07, 6.45) is 7.35. The van der Waals surface area contributed by atoms with E-state index >= 15 is 0 Å². The van der Waals surface area contributed by atoms with Crippen molar-refractivity contribution in [1.82, 2.24) is 20.4 Å². The topological polar surface area (TPSA) is 67.4 Å². The third-order valence-corrected chi connectivity index (χ3v) is 4.66. The highest BCUT2D eigenvalue weighted by Gasteiger charge is 2.06. The fourth-order valence-electron chi connectivity index (χ4n) is 2.85. The van der Waals surface area contributed by atoms with Gasteiger partial charge >= 0.3 is 0 Å². The molecule has 3 rings (SSSR count). The molecule has 1 unspecified atom stereocenters. The summed E-state index contributed by atoms with van der Waals surface area (Å²) >= 11 is 0. The van der Waals surface area contributed by atoms with Crippen LogP contribution < -0.4 is 10.6 Å². The van der Waals surface area contributed by atoms with Gasteiger partial charge in [-0.3, -0.25) is 4.68 Å². The molecule has 2 N–H and O–H groups in total. The number of guanidine groups is 1. The zero-order valence-corrected chi connectivity index (χ0v) is 16.6. The summed E-state index contributed by atoms with van der Waals surface area (Å²) in [4.78, 5) is 4.82. The van der Waals surface area contributed by atoms with E-state index in [1.54, 1.807) is 12.5 Å². The monoisotopic (exact) mass is 379 g/mol. The van der Waals surface area contributed by atoms with Crippen LogP contribution in [-0.2, 0) is 19.5 Å². The molecule has 1 aromatic carbocycles. The van der Waals surface area contributed by atoms with Crippen LogP contribution in [0, 0.1) is 0 Å². The molecule has 0 aliphatic rings. The molecule has 0 aliphatic carbocycles. The van der Waals surface area contributed by atoms with E-state index in [4.69, 9.17) is 9.41 Å². The van der Waals surface area contributed by atoms with Crippen LogP contribution >= 0.6 is 0 Å². The summed E-state index contributed by atoms with van der Waals surface area (Å²) in [7, 11) is 0. The summed E-state index contributed by atoms with van der Waals surface area (Å²) in [6.45, 7) is 6.46. The molecule has 0 spiro atoms. The maximum Gasteiger partial charge on any atom is 0.191 e. The summed E-state index contributed by atoms with van der Waals surface area (Å²) in [5.74, 6) is 1.80. The zero-order chi connectivity index (χ0) is 19.6. The largest absolute Gasteiger partial charge is 0.469 e. The molecule has 148 valence electrons. The summed E-state index contributed by atoms with van der Waals surface area (Å²) in [5, 5.41) is 11.2. The molecule has 6 heteroatoms. The third-order valence-electron chi connectivity index (χ3n) is 4.66. The number of hydrogen-bond donors (Lipinski definition) is 2. The van der Waals surface area contributed by atoms with Crippen molar-refractivity contribution in [2.45, 2.75) is 45.8 Å². The van der Waals surface area contributed by atoms with Gasteiger partial charge < -0.3 is 15.1 Å². The number of aromatic nitrogens is 2. The number of nitrogens with zero attached hydrogens (tertiary/aromatic N) is 3. The Morgan fingerprint density at radius 2 is 2.04 bits per heavy atom. The molecule has 0 amide bonds. The number of furan rings is 1. The van der Waals surface area contributed by atoms with Crippen molar-refractivity contribution in [3.05, 3.63) is 78.0 Å². The van der Waals surface area contributed by atoms with Gasteiger partial charge in [0.2, 0.25) is 0 Å². The number of aliphatic imine (C=N–C) groups is 1. The Hall–Kier alpha value is -3.02. The molecule has 2 heterocycles. The van der Waals surface area contributed by atoms with E-state index < -0.39 is 0 Å². The molecule has 0 aliphatic heterocycles. The standard InChI is InChI=1S/C22H29N5O/c1-3-18(2)26-22(23-13-11-21-10-6-15-28-21)24-16-19-8-4-5-9-20(19)17-27-14-7-12-25-27/h4-10,12,14-15,18H,3,11,13,16-17H2,1-2H3,(H2,23,24,26). The first kappa shape index (κ1) is 19.7. The highest BCUT2D eigenvalue weighted by atomic mass is 16.3. The van der Waals surface area contributed by atoms with Gasteiger partial charge in [0.1, 0.15) is 5.76 Å². The van der Waals surface area contributed by atoms with Crippen LogP contribution in [0.4, 0.5) is 0 Å². The Labute approximate surface area is 166 Å². The maximum absolute atomic E-state index is 5.40. The molecule has 0 fully saturated rings. The second-order valence-corrected chi connectivity index (χ2v) is 6.85. The van der Waals surface area contributed by atoms with Gasteiger partial charge in [-0.05, 0) is 42.7 Å². The van der Waals surface area contributed by atoms with E-state index in [-0.39, 0.29) is 0 Å². The fraction of sp³-hybridized carbons (Fsp3) is 0.364. The maximum atomic E-state index is 5.40.